The van der Waals surface area contributed by atoms with Gasteiger partial charge in [-0.15, -0.1) is 11.3 Å². The number of benzene rings is 1. The lowest BCUT2D eigenvalue weighted by atomic mass is 10.1. The van der Waals surface area contributed by atoms with E-state index in [0.717, 1.165) is 15.6 Å². The molecule has 0 amide bonds. The van der Waals surface area contributed by atoms with Gasteiger partial charge in [-0.25, -0.2) is 4.79 Å². The number of hydrogen-bond donors (Lipinski definition) is 1. The lowest BCUT2D eigenvalue weighted by Gasteiger charge is -1.97. The van der Waals surface area contributed by atoms with E-state index in [1.165, 1.54) is 11.3 Å². The van der Waals surface area contributed by atoms with Gasteiger partial charge in [-0.3, -0.25) is 0 Å². The van der Waals surface area contributed by atoms with Crippen LogP contribution in [0.5, 0.6) is 0 Å². The Labute approximate surface area is 85.1 Å². The molecule has 0 unspecified atom stereocenters. The first-order chi connectivity index (χ1) is 6.70. The molecule has 0 spiro atoms. The van der Waals surface area contributed by atoms with Gasteiger partial charge in [-0.2, -0.15) is 0 Å². The van der Waals surface area contributed by atoms with Crippen molar-refractivity contribution >= 4 is 33.0 Å². The predicted octanol–water partition coefficient (Wildman–Crippen LogP) is 3.00. The van der Waals surface area contributed by atoms with Gasteiger partial charge >= 0.3 is 5.97 Å². The second kappa shape index (κ2) is 3.27. The van der Waals surface area contributed by atoms with Crippen molar-refractivity contribution in [2.75, 3.05) is 0 Å². The highest BCUT2D eigenvalue weighted by Gasteiger charge is 2.11. The van der Waals surface area contributed by atoms with Crippen LogP contribution in [0.3, 0.4) is 0 Å². The lowest BCUT2D eigenvalue weighted by Crippen LogP contribution is -1.96. The molecule has 3 heteroatoms. The molecule has 0 fully saturated rings. The number of carboxylic acids is 1. The van der Waals surface area contributed by atoms with Crippen molar-refractivity contribution in [1.29, 1.82) is 0 Å². The molecule has 2 nitrogen and oxygen atoms in total. The van der Waals surface area contributed by atoms with E-state index in [-0.39, 0.29) is 5.57 Å². The van der Waals surface area contributed by atoms with E-state index in [9.17, 15) is 4.79 Å². The Morgan fingerprint density at radius 2 is 2.07 bits per heavy atom. The molecule has 1 N–H and O–H groups in total. The fourth-order valence-electron chi connectivity index (χ4n) is 1.33. The molecule has 1 aromatic carbocycles. The summed E-state index contributed by atoms with van der Waals surface area (Å²) < 4.78 is 1.09. The van der Waals surface area contributed by atoms with E-state index in [1.807, 2.05) is 29.6 Å². The second-order valence-electron chi connectivity index (χ2n) is 2.93. The zero-order chi connectivity index (χ0) is 10.1. The van der Waals surface area contributed by atoms with E-state index >= 15 is 0 Å². The Kier molecular flexibility index (Phi) is 2.09. The molecule has 0 saturated carbocycles. The predicted molar refractivity (Wildman–Crippen MR) is 58.5 cm³/mol. The number of fused-ring (bicyclic) bond motifs is 1. The molecular weight excluding hydrogens is 196 g/mol. The molecule has 1 aromatic heterocycles. The summed E-state index contributed by atoms with van der Waals surface area (Å²) >= 11 is 1.54. The first kappa shape index (κ1) is 8.97. The number of rotatable bonds is 2. The Balaban J connectivity index is 2.64. The summed E-state index contributed by atoms with van der Waals surface area (Å²) in [7, 11) is 0. The van der Waals surface area contributed by atoms with E-state index in [4.69, 9.17) is 5.11 Å². The third-order valence-electron chi connectivity index (χ3n) is 2.06. The topological polar surface area (TPSA) is 37.3 Å². The highest BCUT2D eigenvalue weighted by molar-refractivity contribution is 7.17. The maximum absolute atomic E-state index is 10.7. The first-order valence-electron chi connectivity index (χ1n) is 4.09. The van der Waals surface area contributed by atoms with Crippen LogP contribution in [0.4, 0.5) is 0 Å². The number of aliphatic carboxylic acids is 1. The standard InChI is InChI=1S/C11H8O2S/c1-7(11(12)13)9-6-14-10-5-3-2-4-8(9)10/h2-6H,1H2,(H,12,13). The zero-order valence-electron chi connectivity index (χ0n) is 7.36. The van der Waals surface area contributed by atoms with Crippen LogP contribution in [-0.2, 0) is 4.79 Å². The summed E-state index contributed by atoms with van der Waals surface area (Å²) in [6.07, 6.45) is 0. The highest BCUT2D eigenvalue weighted by Crippen LogP contribution is 2.29. The molecule has 2 aromatic rings. The van der Waals surface area contributed by atoms with Gasteiger partial charge in [-0.1, -0.05) is 24.8 Å². The lowest BCUT2D eigenvalue weighted by molar-refractivity contribution is -0.130. The summed E-state index contributed by atoms with van der Waals surface area (Å²) in [5.74, 6) is -0.964. The number of carboxylic acid groups (broad SMARTS) is 1. The van der Waals surface area contributed by atoms with Gasteiger partial charge in [0.05, 0.1) is 5.57 Å². The smallest absolute Gasteiger partial charge is 0.335 e. The zero-order valence-corrected chi connectivity index (χ0v) is 8.17. The van der Waals surface area contributed by atoms with Gasteiger partial charge in [0.1, 0.15) is 0 Å². The first-order valence-corrected chi connectivity index (χ1v) is 4.97. The molecule has 0 saturated heterocycles. The molecular formula is C11H8O2S. The van der Waals surface area contributed by atoms with Crippen LogP contribution in [0.2, 0.25) is 0 Å². The van der Waals surface area contributed by atoms with E-state index in [0.29, 0.717) is 0 Å². The van der Waals surface area contributed by atoms with Crippen LogP contribution < -0.4 is 0 Å². The van der Waals surface area contributed by atoms with Gasteiger partial charge in [0.2, 0.25) is 0 Å². The third-order valence-corrected chi connectivity index (χ3v) is 3.03. The van der Waals surface area contributed by atoms with E-state index < -0.39 is 5.97 Å². The van der Waals surface area contributed by atoms with Gasteiger partial charge in [0.25, 0.3) is 0 Å². The number of carbonyl (C=O) groups is 1. The van der Waals surface area contributed by atoms with E-state index in [2.05, 4.69) is 6.58 Å². The molecule has 14 heavy (non-hydrogen) atoms. The van der Waals surface area contributed by atoms with Crippen molar-refractivity contribution in [3.63, 3.8) is 0 Å². The van der Waals surface area contributed by atoms with Gasteiger partial charge in [-0.05, 0) is 6.07 Å². The van der Waals surface area contributed by atoms with Gasteiger partial charge < -0.3 is 5.11 Å². The fraction of sp³-hybridized carbons (Fsp3) is 0. The van der Waals surface area contributed by atoms with E-state index in [1.54, 1.807) is 0 Å². The van der Waals surface area contributed by atoms with Crippen molar-refractivity contribution in [3.05, 3.63) is 41.8 Å². The summed E-state index contributed by atoms with van der Waals surface area (Å²) in [5.41, 5.74) is 0.876. The average molecular weight is 204 g/mol. The summed E-state index contributed by atoms with van der Waals surface area (Å²) in [6.45, 7) is 3.55. The Morgan fingerprint density at radius 1 is 1.36 bits per heavy atom. The molecule has 1 heterocycles. The van der Waals surface area contributed by atoms with Crippen LogP contribution in [0.25, 0.3) is 15.7 Å². The van der Waals surface area contributed by atoms with Crippen LogP contribution >= 0.6 is 11.3 Å². The van der Waals surface area contributed by atoms with Crippen LogP contribution in [-0.4, -0.2) is 11.1 Å². The Bertz CT molecular complexity index is 511. The average Bonchev–Trinajstić information content (AvgIpc) is 2.60. The fourth-order valence-corrected chi connectivity index (χ4v) is 2.30. The van der Waals surface area contributed by atoms with Crippen molar-refractivity contribution in [2.24, 2.45) is 0 Å². The molecule has 0 aliphatic carbocycles. The third kappa shape index (κ3) is 1.32. The number of hydrogen-bond acceptors (Lipinski definition) is 2. The molecule has 0 radical (unpaired) electrons. The maximum atomic E-state index is 10.7. The SMILES string of the molecule is C=C(C(=O)O)c1csc2ccccc12. The molecule has 2 rings (SSSR count). The highest BCUT2D eigenvalue weighted by atomic mass is 32.1. The van der Waals surface area contributed by atoms with Crippen LogP contribution in [0.15, 0.2) is 36.2 Å². The van der Waals surface area contributed by atoms with Crippen molar-refractivity contribution in [1.82, 2.24) is 0 Å². The van der Waals surface area contributed by atoms with Crippen molar-refractivity contribution in [2.45, 2.75) is 0 Å². The molecule has 0 atom stereocenters. The molecule has 70 valence electrons. The normalized spacial score (nSPS) is 10.3. The van der Waals surface area contributed by atoms with Crippen LogP contribution in [0.1, 0.15) is 5.56 Å². The van der Waals surface area contributed by atoms with Gasteiger partial charge in [0.15, 0.2) is 0 Å². The largest absolute Gasteiger partial charge is 0.478 e. The maximum Gasteiger partial charge on any atom is 0.335 e. The number of thiophene rings is 1. The quantitative estimate of drug-likeness (QED) is 0.763. The minimum absolute atomic E-state index is 0.155. The molecule has 0 aliphatic heterocycles. The summed E-state index contributed by atoms with van der Waals surface area (Å²) in [4.78, 5) is 10.7. The summed E-state index contributed by atoms with van der Waals surface area (Å²) in [5, 5.41) is 11.6. The summed E-state index contributed by atoms with van der Waals surface area (Å²) in [6, 6.07) is 7.72. The van der Waals surface area contributed by atoms with Crippen molar-refractivity contribution in [3.8, 4) is 0 Å². The minimum atomic E-state index is -0.964. The Morgan fingerprint density at radius 3 is 2.79 bits per heavy atom. The minimum Gasteiger partial charge on any atom is -0.478 e. The van der Waals surface area contributed by atoms with Crippen molar-refractivity contribution < 1.29 is 9.90 Å². The monoisotopic (exact) mass is 204 g/mol. The molecule has 0 bridgehead atoms. The van der Waals surface area contributed by atoms with Crippen LogP contribution in [0, 0.1) is 0 Å². The molecule has 0 aliphatic rings. The Hall–Kier alpha value is -1.61. The van der Waals surface area contributed by atoms with Gasteiger partial charge in [0, 0.05) is 21.0 Å². The second-order valence-corrected chi connectivity index (χ2v) is 3.84.